The van der Waals surface area contributed by atoms with Gasteiger partial charge in [-0.25, -0.2) is 0 Å². The van der Waals surface area contributed by atoms with Gasteiger partial charge in [0, 0.05) is 19.1 Å². The largest absolute Gasteiger partial charge is 0.481 e. The highest BCUT2D eigenvalue weighted by atomic mass is 16.4. The van der Waals surface area contributed by atoms with Gasteiger partial charge in [0.15, 0.2) is 0 Å². The molecule has 0 aromatic carbocycles. The van der Waals surface area contributed by atoms with Crippen LogP contribution in [0.25, 0.3) is 0 Å². The summed E-state index contributed by atoms with van der Waals surface area (Å²) in [6.07, 6.45) is 1.13. The zero-order valence-electron chi connectivity index (χ0n) is 10.1. The highest BCUT2D eigenvalue weighted by molar-refractivity contribution is 5.69. The number of fused-ring (bicyclic) bond motifs is 1. The van der Waals surface area contributed by atoms with Gasteiger partial charge >= 0.3 is 5.97 Å². The lowest BCUT2D eigenvalue weighted by Crippen LogP contribution is -2.39. The van der Waals surface area contributed by atoms with Gasteiger partial charge < -0.3 is 10.4 Å². The van der Waals surface area contributed by atoms with E-state index in [-0.39, 0.29) is 5.92 Å². The first-order valence-electron chi connectivity index (χ1n) is 6.31. The number of hydrogen-bond donors (Lipinski definition) is 2. The highest BCUT2D eigenvalue weighted by Crippen LogP contribution is 2.34. The fraction of sp³-hybridized carbons (Fsp3) is 0.917. The lowest BCUT2D eigenvalue weighted by molar-refractivity contribution is -0.141. The van der Waals surface area contributed by atoms with Crippen LogP contribution in [0.3, 0.4) is 0 Å². The van der Waals surface area contributed by atoms with Crippen LogP contribution in [-0.4, -0.2) is 48.2 Å². The van der Waals surface area contributed by atoms with E-state index in [1.165, 1.54) is 0 Å². The normalized spacial score (nSPS) is 36.2. The van der Waals surface area contributed by atoms with Crippen LogP contribution >= 0.6 is 0 Å². The molecule has 0 bridgehead atoms. The van der Waals surface area contributed by atoms with Crippen molar-refractivity contribution < 1.29 is 9.90 Å². The van der Waals surface area contributed by atoms with Gasteiger partial charge in [-0.05, 0) is 31.3 Å². The first-order chi connectivity index (χ1) is 7.63. The van der Waals surface area contributed by atoms with E-state index in [9.17, 15) is 4.79 Å². The first kappa shape index (κ1) is 11.9. The van der Waals surface area contributed by atoms with Crippen LogP contribution in [0, 0.1) is 17.8 Å². The molecular weight excluding hydrogens is 204 g/mol. The molecule has 0 aromatic rings. The quantitative estimate of drug-likeness (QED) is 0.738. The molecule has 2 fully saturated rings. The van der Waals surface area contributed by atoms with Gasteiger partial charge in [0.05, 0.1) is 5.92 Å². The van der Waals surface area contributed by atoms with E-state index in [0.29, 0.717) is 12.6 Å². The number of carboxylic acids is 1. The molecule has 0 saturated carbocycles. The lowest BCUT2D eigenvalue weighted by atomic mass is 9.93. The van der Waals surface area contributed by atoms with Crippen LogP contribution in [0.5, 0.6) is 0 Å². The smallest absolute Gasteiger partial charge is 0.307 e. The van der Waals surface area contributed by atoms with Gasteiger partial charge in [0.1, 0.15) is 0 Å². The molecule has 2 aliphatic heterocycles. The standard InChI is InChI=1S/C12H22N2O2/c1-3-11-10-5-13-4-9(10)7-14(11)6-8(2)12(15)16/h8-11,13H,3-7H2,1-2H3,(H,15,16). The highest BCUT2D eigenvalue weighted by Gasteiger charge is 2.43. The summed E-state index contributed by atoms with van der Waals surface area (Å²) in [5, 5.41) is 12.4. The maximum absolute atomic E-state index is 10.9. The molecule has 0 aromatic heterocycles. The third-order valence-electron chi connectivity index (χ3n) is 4.17. The van der Waals surface area contributed by atoms with E-state index < -0.39 is 5.97 Å². The molecule has 0 amide bonds. The minimum Gasteiger partial charge on any atom is -0.481 e. The molecule has 2 rings (SSSR count). The number of carboxylic acid groups (broad SMARTS) is 1. The number of nitrogens with one attached hydrogen (secondary N) is 1. The molecule has 0 spiro atoms. The Kier molecular flexibility index (Phi) is 3.50. The van der Waals surface area contributed by atoms with Gasteiger partial charge in [-0.3, -0.25) is 9.69 Å². The summed E-state index contributed by atoms with van der Waals surface area (Å²) in [4.78, 5) is 13.3. The molecule has 16 heavy (non-hydrogen) atoms. The number of carbonyl (C=O) groups is 1. The third-order valence-corrected chi connectivity index (χ3v) is 4.17. The van der Waals surface area contributed by atoms with Crippen molar-refractivity contribution in [1.29, 1.82) is 0 Å². The monoisotopic (exact) mass is 226 g/mol. The molecule has 0 aliphatic carbocycles. The summed E-state index contributed by atoms with van der Waals surface area (Å²) in [5.74, 6) is 0.558. The van der Waals surface area contributed by atoms with Gasteiger partial charge in [0.2, 0.25) is 0 Å². The summed E-state index contributed by atoms with van der Waals surface area (Å²) < 4.78 is 0. The van der Waals surface area contributed by atoms with Crippen molar-refractivity contribution in [3.63, 3.8) is 0 Å². The molecular formula is C12H22N2O2. The number of rotatable bonds is 4. The van der Waals surface area contributed by atoms with Gasteiger partial charge in [-0.15, -0.1) is 0 Å². The topological polar surface area (TPSA) is 52.6 Å². The predicted octanol–water partition coefficient (Wildman–Crippen LogP) is 0.637. The Hall–Kier alpha value is -0.610. The fourth-order valence-electron chi connectivity index (χ4n) is 3.31. The summed E-state index contributed by atoms with van der Waals surface area (Å²) in [5.41, 5.74) is 0. The second-order valence-corrected chi connectivity index (χ2v) is 5.25. The molecule has 4 nitrogen and oxygen atoms in total. The molecule has 2 aliphatic rings. The van der Waals surface area contributed by atoms with Crippen molar-refractivity contribution in [2.45, 2.75) is 26.3 Å². The van der Waals surface area contributed by atoms with Crippen molar-refractivity contribution in [2.24, 2.45) is 17.8 Å². The van der Waals surface area contributed by atoms with Gasteiger partial charge in [-0.2, -0.15) is 0 Å². The zero-order chi connectivity index (χ0) is 11.7. The maximum atomic E-state index is 10.9. The predicted molar refractivity (Wildman–Crippen MR) is 62.3 cm³/mol. The summed E-state index contributed by atoms with van der Waals surface area (Å²) >= 11 is 0. The van der Waals surface area contributed by atoms with Crippen LogP contribution in [-0.2, 0) is 4.79 Å². The molecule has 4 atom stereocenters. The van der Waals surface area contributed by atoms with E-state index in [2.05, 4.69) is 17.1 Å². The number of likely N-dealkylation sites (tertiary alicyclic amines) is 1. The van der Waals surface area contributed by atoms with E-state index in [0.717, 1.165) is 37.9 Å². The van der Waals surface area contributed by atoms with Crippen LogP contribution < -0.4 is 5.32 Å². The number of aliphatic carboxylic acids is 1. The van der Waals surface area contributed by atoms with Crippen LogP contribution in [0.4, 0.5) is 0 Å². The average molecular weight is 226 g/mol. The fourth-order valence-corrected chi connectivity index (χ4v) is 3.31. The maximum Gasteiger partial charge on any atom is 0.307 e. The number of hydrogen-bond acceptors (Lipinski definition) is 3. The second-order valence-electron chi connectivity index (χ2n) is 5.25. The summed E-state index contributed by atoms with van der Waals surface area (Å²) in [6.45, 7) is 8.03. The van der Waals surface area contributed by atoms with E-state index >= 15 is 0 Å². The molecule has 4 unspecified atom stereocenters. The van der Waals surface area contributed by atoms with Crippen molar-refractivity contribution >= 4 is 5.97 Å². The Balaban J connectivity index is 1.97. The van der Waals surface area contributed by atoms with Crippen molar-refractivity contribution in [1.82, 2.24) is 10.2 Å². The van der Waals surface area contributed by atoms with Crippen LogP contribution in [0.1, 0.15) is 20.3 Å². The molecule has 92 valence electrons. The third kappa shape index (κ3) is 2.09. The molecule has 0 radical (unpaired) electrons. The Bertz CT molecular complexity index is 270. The Morgan fingerprint density at radius 3 is 2.94 bits per heavy atom. The first-order valence-corrected chi connectivity index (χ1v) is 6.31. The Morgan fingerprint density at radius 1 is 1.56 bits per heavy atom. The van der Waals surface area contributed by atoms with Gasteiger partial charge in [-0.1, -0.05) is 13.8 Å². The van der Waals surface area contributed by atoms with Gasteiger partial charge in [0.25, 0.3) is 0 Å². The summed E-state index contributed by atoms with van der Waals surface area (Å²) in [6, 6.07) is 0.585. The van der Waals surface area contributed by atoms with E-state index in [1.807, 2.05) is 0 Å². The Labute approximate surface area is 97.0 Å². The molecule has 2 heterocycles. The average Bonchev–Trinajstić information content (AvgIpc) is 2.77. The van der Waals surface area contributed by atoms with Crippen molar-refractivity contribution in [2.75, 3.05) is 26.2 Å². The molecule has 2 N–H and O–H groups in total. The van der Waals surface area contributed by atoms with Crippen LogP contribution in [0.15, 0.2) is 0 Å². The van der Waals surface area contributed by atoms with E-state index in [1.54, 1.807) is 6.92 Å². The van der Waals surface area contributed by atoms with Crippen LogP contribution in [0.2, 0.25) is 0 Å². The van der Waals surface area contributed by atoms with Crippen molar-refractivity contribution in [3.05, 3.63) is 0 Å². The summed E-state index contributed by atoms with van der Waals surface area (Å²) in [7, 11) is 0. The minimum atomic E-state index is -0.676. The SMILES string of the molecule is CCC1C2CNCC2CN1CC(C)C(=O)O. The zero-order valence-corrected chi connectivity index (χ0v) is 10.1. The van der Waals surface area contributed by atoms with Crippen molar-refractivity contribution in [3.8, 4) is 0 Å². The number of nitrogens with zero attached hydrogens (tertiary/aromatic N) is 1. The minimum absolute atomic E-state index is 0.249. The second kappa shape index (κ2) is 4.72. The lowest BCUT2D eigenvalue weighted by Gasteiger charge is -2.28. The Morgan fingerprint density at radius 2 is 2.31 bits per heavy atom. The molecule has 2 saturated heterocycles. The molecule has 4 heteroatoms. The van der Waals surface area contributed by atoms with E-state index in [4.69, 9.17) is 5.11 Å².